The van der Waals surface area contributed by atoms with Gasteiger partial charge in [0.25, 0.3) is 0 Å². The van der Waals surface area contributed by atoms with Crippen LogP contribution in [0.4, 0.5) is 0 Å². The molecule has 1 aliphatic rings. The highest BCUT2D eigenvalue weighted by atomic mass is 127. The van der Waals surface area contributed by atoms with Gasteiger partial charge in [0, 0.05) is 11.4 Å². The van der Waals surface area contributed by atoms with Crippen molar-refractivity contribution in [3.05, 3.63) is 12.3 Å². The summed E-state index contributed by atoms with van der Waals surface area (Å²) in [5, 5.41) is 0. The molecule has 1 rings (SSSR count). The van der Waals surface area contributed by atoms with Crippen molar-refractivity contribution in [2.75, 3.05) is 0 Å². The summed E-state index contributed by atoms with van der Waals surface area (Å²) in [7, 11) is 0. The summed E-state index contributed by atoms with van der Waals surface area (Å²) in [5.41, 5.74) is 0. The number of halogens is 1. The average Bonchev–Trinajstić information content (AvgIpc) is 2.20. The first-order chi connectivity index (χ1) is 7.71. The number of alkyl halides is 1. The van der Waals surface area contributed by atoms with E-state index in [2.05, 4.69) is 33.9 Å². The lowest BCUT2D eigenvalue weighted by Gasteiger charge is -2.34. The average molecular weight is 371 g/mol. The molecule has 1 aliphatic heterocycles. The Kier molecular flexibility index (Phi) is 5.62. The van der Waals surface area contributed by atoms with Gasteiger partial charge in [0.2, 0.25) is 0 Å². The molecule has 1 N–H and O–H groups in total. The Morgan fingerprint density at radius 3 is 2.59 bits per heavy atom. The predicted molar refractivity (Wildman–Crippen MR) is 81.5 cm³/mol. The van der Waals surface area contributed by atoms with E-state index >= 15 is 0 Å². The van der Waals surface area contributed by atoms with Gasteiger partial charge < -0.3 is 9.29 Å². The number of rotatable bonds is 3. The van der Waals surface area contributed by atoms with Crippen LogP contribution in [-0.2, 0) is 16.1 Å². The Bertz CT molecular complexity index is 280. The van der Waals surface area contributed by atoms with Crippen LogP contribution in [0.3, 0.4) is 0 Å². The van der Waals surface area contributed by atoms with Crippen LogP contribution >= 0.6 is 22.6 Å². The standard InChI is InChI=1S/C12H22INO2S/c1-8(14-17(15)12(3,4)5)11-7-6-10(13)9(2)16-11/h8,10-11,14H,2,6-7H2,1,3-5H3. The van der Waals surface area contributed by atoms with Crippen molar-refractivity contribution < 1.29 is 9.29 Å². The summed E-state index contributed by atoms with van der Waals surface area (Å²) in [6.45, 7) is 11.8. The van der Waals surface area contributed by atoms with Crippen molar-refractivity contribution in [1.82, 2.24) is 4.72 Å². The Balaban J connectivity index is 2.48. The van der Waals surface area contributed by atoms with Gasteiger partial charge in [0.05, 0.1) is 9.97 Å². The molecule has 1 saturated heterocycles. The molecular weight excluding hydrogens is 349 g/mol. The Labute approximate surface area is 121 Å². The van der Waals surface area contributed by atoms with E-state index in [-0.39, 0.29) is 16.9 Å². The molecule has 100 valence electrons. The van der Waals surface area contributed by atoms with E-state index < -0.39 is 11.4 Å². The SMILES string of the molecule is C=C1OC(C(C)N[S+]([O-])C(C)(C)C)CCC1I. The van der Waals surface area contributed by atoms with Gasteiger partial charge in [-0.15, -0.1) is 4.72 Å². The summed E-state index contributed by atoms with van der Waals surface area (Å²) in [6, 6.07) is 0.0794. The van der Waals surface area contributed by atoms with E-state index in [1.54, 1.807) is 0 Å². The maximum atomic E-state index is 12.0. The zero-order chi connectivity index (χ0) is 13.2. The van der Waals surface area contributed by atoms with E-state index in [4.69, 9.17) is 4.74 Å². The van der Waals surface area contributed by atoms with E-state index in [0.29, 0.717) is 3.92 Å². The number of hydrogen-bond acceptors (Lipinski definition) is 3. The third-order valence-electron chi connectivity index (χ3n) is 2.76. The number of hydrogen-bond donors (Lipinski definition) is 1. The molecule has 17 heavy (non-hydrogen) atoms. The predicted octanol–water partition coefficient (Wildman–Crippen LogP) is 2.92. The normalized spacial score (nSPS) is 29.6. The minimum Gasteiger partial charge on any atom is -0.598 e. The fourth-order valence-corrected chi connectivity index (χ4v) is 2.92. The highest BCUT2D eigenvalue weighted by molar-refractivity contribution is 14.1. The molecule has 0 aliphatic carbocycles. The highest BCUT2D eigenvalue weighted by Crippen LogP contribution is 2.29. The van der Waals surface area contributed by atoms with Crippen LogP contribution in [0, 0.1) is 0 Å². The molecule has 4 unspecified atom stereocenters. The fourth-order valence-electron chi connectivity index (χ4n) is 1.57. The second kappa shape index (κ2) is 6.12. The topological polar surface area (TPSA) is 44.3 Å². The van der Waals surface area contributed by atoms with Crippen molar-refractivity contribution in [2.24, 2.45) is 0 Å². The molecule has 4 atom stereocenters. The third kappa shape index (κ3) is 4.61. The first-order valence-electron chi connectivity index (χ1n) is 5.89. The maximum Gasteiger partial charge on any atom is 0.136 e. The van der Waals surface area contributed by atoms with Crippen LogP contribution in [0.25, 0.3) is 0 Å². The van der Waals surface area contributed by atoms with Crippen LogP contribution in [-0.4, -0.2) is 25.4 Å². The van der Waals surface area contributed by atoms with Crippen LogP contribution in [0.1, 0.15) is 40.5 Å². The molecule has 0 saturated carbocycles. The molecule has 3 nitrogen and oxygen atoms in total. The Morgan fingerprint density at radius 1 is 1.53 bits per heavy atom. The largest absolute Gasteiger partial charge is 0.598 e. The Morgan fingerprint density at radius 2 is 2.12 bits per heavy atom. The smallest absolute Gasteiger partial charge is 0.136 e. The molecule has 1 heterocycles. The third-order valence-corrected chi connectivity index (χ3v) is 5.78. The first kappa shape index (κ1) is 15.6. The monoisotopic (exact) mass is 371 g/mol. The van der Waals surface area contributed by atoms with Crippen LogP contribution < -0.4 is 4.72 Å². The van der Waals surface area contributed by atoms with Crippen molar-refractivity contribution in [2.45, 2.75) is 61.4 Å². The zero-order valence-corrected chi connectivity index (χ0v) is 13.9. The van der Waals surface area contributed by atoms with Gasteiger partial charge in [-0.2, -0.15) is 0 Å². The lowest BCUT2D eigenvalue weighted by Crippen LogP contribution is -2.49. The van der Waals surface area contributed by atoms with Gasteiger partial charge in [0.15, 0.2) is 0 Å². The van der Waals surface area contributed by atoms with Gasteiger partial charge in [-0.1, -0.05) is 29.2 Å². The molecule has 0 bridgehead atoms. The van der Waals surface area contributed by atoms with Crippen molar-refractivity contribution in [1.29, 1.82) is 0 Å². The van der Waals surface area contributed by atoms with Crippen LogP contribution in [0.5, 0.6) is 0 Å². The van der Waals surface area contributed by atoms with Gasteiger partial charge in [-0.25, -0.2) is 0 Å². The van der Waals surface area contributed by atoms with Crippen molar-refractivity contribution >= 4 is 34.0 Å². The zero-order valence-electron chi connectivity index (χ0n) is 11.0. The molecule has 1 fully saturated rings. The van der Waals surface area contributed by atoms with Crippen molar-refractivity contribution in [3.63, 3.8) is 0 Å². The highest BCUT2D eigenvalue weighted by Gasteiger charge is 2.33. The Hall–Kier alpha value is 0.540. The number of nitrogens with one attached hydrogen (secondary N) is 1. The molecule has 0 aromatic carbocycles. The quantitative estimate of drug-likeness (QED) is 0.471. The van der Waals surface area contributed by atoms with Crippen LogP contribution in [0.15, 0.2) is 12.3 Å². The van der Waals surface area contributed by atoms with E-state index in [1.807, 2.05) is 27.7 Å². The molecular formula is C12H22INO2S. The minimum atomic E-state index is -1.05. The molecule has 0 radical (unpaired) electrons. The summed E-state index contributed by atoms with van der Waals surface area (Å²) in [4.78, 5) is 0. The van der Waals surface area contributed by atoms with Gasteiger partial charge in [-0.05, 0) is 40.5 Å². The second-order valence-corrected chi connectivity index (χ2v) is 8.96. The minimum absolute atomic E-state index is 0.0794. The molecule has 0 spiro atoms. The van der Waals surface area contributed by atoms with Gasteiger partial charge >= 0.3 is 0 Å². The second-order valence-electron chi connectivity index (χ2n) is 5.46. The molecule has 0 aromatic heterocycles. The lowest BCUT2D eigenvalue weighted by atomic mass is 10.0. The van der Waals surface area contributed by atoms with Gasteiger partial charge in [-0.3, -0.25) is 0 Å². The summed E-state index contributed by atoms with van der Waals surface area (Å²) >= 11 is 1.30. The summed E-state index contributed by atoms with van der Waals surface area (Å²) in [6.07, 6.45) is 2.15. The van der Waals surface area contributed by atoms with Crippen LogP contribution in [0.2, 0.25) is 0 Å². The summed E-state index contributed by atoms with van der Waals surface area (Å²) < 4.78 is 21.0. The van der Waals surface area contributed by atoms with Gasteiger partial charge in [0.1, 0.15) is 16.6 Å². The molecule has 0 aromatic rings. The molecule has 5 heteroatoms. The lowest BCUT2D eigenvalue weighted by molar-refractivity contribution is 0.0595. The number of allylic oxidation sites excluding steroid dienone is 1. The van der Waals surface area contributed by atoms with E-state index in [9.17, 15) is 4.55 Å². The number of ether oxygens (including phenoxy) is 1. The maximum absolute atomic E-state index is 12.0. The van der Waals surface area contributed by atoms with E-state index in [1.165, 1.54) is 0 Å². The van der Waals surface area contributed by atoms with E-state index in [0.717, 1.165) is 18.6 Å². The first-order valence-corrected chi connectivity index (χ1v) is 8.29. The fraction of sp³-hybridized carbons (Fsp3) is 0.833. The summed E-state index contributed by atoms with van der Waals surface area (Å²) in [5.74, 6) is 0.844. The van der Waals surface area contributed by atoms with Crippen molar-refractivity contribution in [3.8, 4) is 0 Å². The molecule has 0 amide bonds.